The lowest BCUT2D eigenvalue weighted by molar-refractivity contribution is 0.0844. The molecular weight excluding hydrogens is 229 g/mol. The van der Waals surface area contributed by atoms with E-state index in [1.165, 1.54) is 18.6 Å². The van der Waals surface area contributed by atoms with Crippen LogP contribution in [0.5, 0.6) is 0 Å². The van der Waals surface area contributed by atoms with Crippen LogP contribution in [-0.4, -0.2) is 17.3 Å². The first kappa shape index (κ1) is 13.5. The third-order valence-electron chi connectivity index (χ3n) is 3.83. The zero-order valence-corrected chi connectivity index (χ0v) is 10.9. The number of aliphatic hydroxyl groups excluding tert-OH is 1. The van der Waals surface area contributed by atoms with Crippen LogP contribution in [0.25, 0.3) is 0 Å². The van der Waals surface area contributed by atoms with Gasteiger partial charge in [0.1, 0.15) is 5.82 Å². The first-order valence-electron chi connectivity index (χ1n) is 6.90. The summed E-state index contributed by atoms with van der Waals surface area (Å²) in [4.78, 5) is 0. The summed E-state index contributed by atoms with van der Waals surface area (Å²) in [6.07, 6.45) is 4.90. The summed E-state index contributed by atoms with van der Waals surface area (Å²) in [6, 6.07) is 7.02. The lowest BCUT2D eigenvalue weighted by Gasteiger charge is -2.32. The summed E-state index contributed by atoms with van der Waals surface area (Å²) in [7, 11) is 0. The SMILES string of the molecule is CCC(NC1CCCCC1O)c1ccc(F)cc1. The molecule has 0 spiro atoms. The maximum absolute atomic E-state index is 12.9. The Kier molecular flexibility index (Phi) is 4.72. The molecule has 0 heterocycles. The Bertz CT molecular complexity index is 365. The van der Waals surface area contributed by atoms with Crippen molar-refractivity contribution in [3.05, 3.63) is 35.6 Å². The van der Waals surface area contributed by atoms with E-state index in [-0.39, 0.29) is 24.0 Å². The van der Waals surface area contributed by atoms with Gasteiger partial charge in [-0.15, -0.1) is 0 Å². The van der Waals surface area contributed by atoms with Crippen molar-refractivity contribution in [3.8, 4) is 0 Å². The second-order valence-corrected chi connectivity index (χ2v) is 5.14. The van der Waals surface area contributed by atoms with Gasteiger partial charge in [0.05, 0.1) is 6.10 Å². The maximum atomic E-state index is 12.9. The van der Waals surface area contributed by atoms with Crippen LogP contribution in [0.15, 0.2) is 24.3 Å². The van der Waals surface area contributed by atoms with Gasteiger partial charge in [-0.3, -0.25) is 0 Å². The van der Waals surface area contributed by atoms with Gasteiger partial charge in [-0.05, 0) is 37.0 Å². The predicted octanol–water partition coefficient (Wildman–Crippen LogP) is 3.17. The van der Waals surface area contributed by atoms with Crippen molar-refractivity contribution in [3.63, 3.8) is 0 Å². The summed E-state index contributed by atoms with van der Waals surface area (Å²) in [5.41, 5.74) is 1.09. The number of benzene rings is 1. The van der Waals surface area contributed by atoms with Crippen molar-refractivity contribution in [1.82, 2.24) is 5.32 Å². The van der Waals surface area contributed by atoms with Crippen LogP contribution in [-0.2, 0) is 0 Å². The van der Waals surface area contributed by atoms with Gasteiger partial charge in [0.25, 0.3) is 0 Å². The van der Waals surface area contributed by atoms with Gasteiger partial charge in [-0.25, -0.2) is 4.39 Å². The first-order valence-corrected chi connectivity index (χ1v) is 6.90. The highest BCUT2D eigenvalue weighted by Gasteiger charge is 2.25. The van der Waals surface area contributed by atoms with Crippen LogP contribution in [0, 0.1) is 5.82 Å². The number of halogens is 1. The Labute approximate surface area is 108 Å². The topological polar surface area (TPSA) is 32.3 Å². The Morgan fingerprint density at radius 3 is 2.56 bits per heavy atom. The van der Waals surface area contributed by atoms with Crippen LogP contribution >= 0.6 is 0 Å². The zero-order chi connectivity index (χ0) is 13.0. The van der Waals surface area contributed by atoms with E-state index in [1.54, 1.807) is 0 Å². The molecule has 0 aliphatic heterocycles. The average Bonchev–Trinajstić information content (AvgIpc) is 2.39. The molecule has 1 aromatic carbocycles. The lowest BCUT2D eigenvalue weighted by Crippen LogP contribution is -2.43. The molecule has 0 aromatic heterocycles. The van der Waals surface area contributed by atoms with Crippen molar-refractivity contribution in [2.24, 2.45) is 0 Å². The largest absolute Gasteiger partial charge is 0.392 e. The van der Waals surface area contributed by atoms with Crippen LogP contribution in [0.4, 0.5) is 4.39 Å². The minimum atomic E-state index is -0.242. The molecule has 1 fully saturated rings. The van der Waals surface area contributed by atoms with E-state index in [4.69, 9.17) is 0 Å². The monoisotopic (exact) mass is 251 g/mol. The summed E-state index contributed by atoms with van der Waals surface area (Å²) < 4.78 is 12.9. The van der Waals surface area contributed by atoms with Gasteiger partial charge in [0, 0.05) is 12.1 Å². The molecule has 100 valence electrons. The fraction of sp³-hybridized carbons (Fsp3) is 0.600. The van der Waals surface area contributed by atoms with Crippen molar-refractivity contribution in [2.45, 2.75) is 57.2 Å². The summed E-state index contributed by atoms with van der Waals surface area (Å²) >= 11 is 0. The third kappa shape index (κ3) is 3.30. The highest BCUT2D eigenvalue weighted by atomic mass is 19.1. The fourth-order valence-corrected chi connectivity index (χ4v) is 2.71. The molecule has 3 unspecified atom stereocenters. The zero-order valence-electron chi connectivity index (χ0n) is 10.9. The van der Waals surface area contributed by atoms with Crippen molar-refractivity contribution in [1.29, 1.82) is 0 Å². The maximum Gasteiger partial charge on any atom is 0.123 e. The summed E-state index contributed by atoms with van der Waals surface area (Å²) in [6.45, 7) is 2.11. The highest BCUT2D eigenvalue weighted by Crippen LogP contribution is 2.24. The van der Waals surface area contributed by atoms with Crippen LogP contribution in [0.3, 0.4) is 0 Å². The Morgan fingerprint density at radius 1 is 1.28 bits per heavy atom. The standard InChI is InChI=1S/C15H22FNO/c1-2-13(11-7-9-12(16)10-8-11)17-14-5-3-4-6-15(14)18/h7-10,13-15,17-18H,2-6H2,1H3. The number of nitrogens with one attached hydrogen (secondary N) is 1. The van der Waals surface area contributed by atoms with Gasteiger partial charge >= 0.3 is 0 Å². The first-order chi connectivity index (χ1) is 8.70. The molecule has 2 nitrogen and oxygen atoms in total. The van der Waals surface area contributed by atoms with E-state index in [9.17, 15) is 9.50 Å². The number of hydrogen-bond acceptors (Lipinski definition) is 2. The molecule has 0 saturated heterocycles. The number of rotatable bonds is 4. The van der Waals surface area contributed by atoms with Gasteiger partial charge < -0.3 is 10.4 Å². The molecular formula is C15H22FNO. The van der Waals surface area contributed by atoms with Crippen molar-refractivity contribution in [2.75, 3.05) is 0 Å². The van der Waals surface area contributed by atoms with Gasteiger partial charge in [-0.2, -0.15) is 0 Å². The van der Waals surface area contributed by atoms with Gasteiger partial charge in [-0.1, -0.05) is 31.9 Å². The molecule has 0 radical (unpaired) electrons. The van der Waals surface area contributed by atoms with E-state index < -0.39 is 0 Å². The molecule has 1 saturated carbocycles. The minimum Gasteiger partial charge on any atom is -0.392 e. The molecule has 18 heavy (non-hydrogen) atoms. The lowest BCUT2D eigenvalue weighted by atomic mass is 9.91. The molecule has 3 heteroatoms. The molecule has 0 bridgehead atoms. The Hall–Kier alpha value is -0.930. The summed E-state index contributed by atoms with van der Waals surface area (Å²) in [5.74, 6) is -0.202. The van der Waals surface area contributed by atoms with E-state index in [0.29, 0.717) is 0 Å². The number of aliphatic hydroxyl groups is 1. The average molecular weight is 251 g/mol. The molecule has 2 N–H and O–H groups in total. The van der Waals surface area contributed by atoms with E-state index in [0.717, 1.165) is 31.2 Å². The minimum absolute atomic E-state index is 0.175. The Balaban J connectivity index is 2.02. The van der Waals surface area contributed by atoms with E-state index >= 15 is 0 Å². The van der Waals surface area contributed by atoms with Crippen LogP contribution in [0.1, 0.15) is 50.6 Å². The van der Waals surface area contributed by atoms with Gasteiger partial charge in [0.2, 0.25) is 0 Å². The second kappa shape index (κ2) is 6.30. The van der Waals surface area contributed by atoms with Crippen LogP contribution < -0.4 is 5.32 Å². The molecule has 2 rings (SSSR count). The van der Waals surface area contributed by atoms with Crippen molar-refractivity contribution >= 4 is 0 Å². The quantitative estimate of drug-likeness (QED) is 0.861. The molecule has 1 aliphatic carbocycles. The molecule has 1 aromatic rings. The summed E-state index contributed by atoms with van der Waals surface area (Å²) in [5, 5.41) is 13.5. The fourth-order valence-electron chi connectivity index (χ4n) is 2.71. The number of hydrogen-bond donors (Lipinski definition) is 2. The van der Waals surface area contributed by atoms with E-state index in [2.05, 4.69) is 12.2 Å². The Morgan fingerprint density at radius 2 is 1.94 bits per heavy atom. The van der Waals surface area contributed by atoms with Crippen LogP contribution in [0.2, 0.25) is 0 Å². The molecule has 3 atom stereocenters. The van der Waals surface area contributed by atoms with Gasteiger partial charge in [0.15, 0.2) is 0 Å². The normalized spacial score (nSPS) is 25.9. The molecule has 0 amide bonds. The highest BCUT2D eigenvalue weighted by molar-refractivity contribution is 5.20. The third-order valence-corrected chi connectivity index (χ3v) is 3.83. The van der Waals surface area contributed by atoms with Crippen molar-refractivity contribution < 1.29 is 9.50 Å². The predicted molar refractivity (Wildman–Crippen MR) is 70.8 cm³/mol. The smallest absolute Gasteiger partial charge is 0.123 e. The second-order valence-electron chi connectivity index (χ2n) is 5.14. The van der Waals surface area contributed by atoms with E-state index in [1.807, 2.05) is 12.1 Å². The molecule has 1 aliphatic rings.